The van der Waals surface area contributed by atoms with Crippen molar-refractivity contribution in [2.24, 2.45) is 5.92 Å². The number of hydrogen-bond donors (Lipinski definition) is 2. The summed E-state index contributed by atoms with van der Waals surface area (Å²) in [6.45, 7) is 3.83. The molecule has 0 bridgehead atoms. The Morgan fingerprint density at radius 1 is 0.667 bits per heavy atom. The van der Waals surface area contributed by atoms with Crippen LogP contribution in [0.3, 0.4) is 0 Å². The molecule has 188 valence electrons. The summed E-state index contributed by atoms with van der Waals surface area (Å²) < 4.78 is 10.8. The molecule has 0 aliphatic heterocycles. The van der Waals surface area contributed by atoms with E-state index >= 15 is 0 Å². The summed E-state index contributed by atoms with van der Waals surface area (Å²) >= 11 is 0. The number of hydrogen-bond acceptors (Lipinski definition) is 5. The Hall–Kier alpha value is -4.13. The number of alkyl carbamates (subject to hydrolysis) is 1. The molecule has 0 radical (unpaired) electrons. The molecule has 0 fully saturated rings. The number of amides is 2. The van der Waals surface area contributed by atoms with Gasteiger partial charge in [0.1, 0.15) is 25.3 Å². The summed E-state index contributed by atoms with van der Waals surface area (Å²) in [6, 6.07) is 26.1. The van der Waals surface area contributed by atoms with Gasteiger partial charge in [0, 0.05) is 6.42 Å². The van der Waals surface area contributed by atoms with Gasteiger partial charge in [-0.3, -0.25) is 4.79 Å². The fourth-order valence-electron chi connectivity index (χ4n) is 3.54. The summed E-state index contributed by atoms with van der Waals surface area (Å²) in [4.78, 5) is 38.6. The van der Waals surface area contributed by atoms with Crippen molar-refractivity contribution >= 4 is 18.0 Å². The van der Waals surface area contributed by atoms with E-state index in [1.807, 2.05) is 105 Å². The van der Waals surface area contributed by atoms with Crippen molar-refractivity contribution in [1.82, 2.24) is 10.6 Å². The van der Waals surface area contributed by atoms with Crippen molar-refractivity contribution in [3.8, 4) is 0 Å². The van der Waals surface area contributed by atoms with Gasteiger partial charge in [-0.05, 0) is 22.6 Å². The minimum absolute atomic E-state index is 0.0762. The van der Waals surface area contributed by atoms with Crippen molar-refractivity contribution in [3.63, 3.8) is 0 Å². The summed E-state index contributed by atoms with van der Waals surface area (Å²) in [5.74, 6) is -1.25. The lowest BCUT2D eigenvalue weighted by atomic mass is 10.0. The van der Waals surface area contributed by atoms with E-state index in [-0.39, 0.29) is 25.6 Å². The Morgan fingerprint density at radius 3 is 1.64 bits per heavy atom. The number of ether oxygens (including phenoxy) is 2. The van der Waals surface area contributed by atoms with Gasteiger partial charge in [-0.1, -0.05) is 105 Å². The topological polar surface area (TPSA) is 93.7 Å². The van der Waals surface area contributed by atoms with Gasteiger partial charge in [-0.15, -0.1) is 0 Å². The monoisotopic (exact) mass is 488 g/mol. The number of carbonyl (C=O) groups is 3. The Morgan fingerprint density at radius 2 is 1.14 bits per heavy atom. The van der Waals surface area contributed by atoms with Crippen molar-refractivity contribution < 1.29 is 23.9 Å². The summed E-state index contributed by atoms with van der Waals surface area (Å²) in [5.41, 5.74) is 2.54. The lowest BCUT2D eigenvalue weighted by molar-refractivity contribution is -0.150. The second-order valence-electron chi connectivity index (χ2n) is 8.77. The molecule has 7 heteroatoms. The predicted molar refractivity (Wildman–Crippen MR) is 137 cm³/mol. The van der Waals surface area contributed by atoms with Crippen LogP contribution in [0.1, 0.15) is 30.5 Å². The molecule has 0 aliphatic rings. The summed E-state index contributed by atoms with van der Waals surface area (Å²) in [5, 5.41) is 5.42. The van der Waals surface area contributed by atoms with Gasteiger partial charge in [0.2, 0.25) is 5.91 Å². The molecule has 2 atom stereocenters. The zero-order valence-corrected chi connectivity index (χ0v) is 20.6. The maximum Gasteiger partial charge on any atom is 0.408 e. The Balaban J connectivity index is 1.65. The third-order valence-electron chi connectivity index (χ3n) is 5.55. The Bertz CT molecular complexity index is 1100. The highest BCUT2D eigenvalue weighted by atomic mass is 16.5. The molecular formula is C29H32N2O5. The van der Waals surface area contributed by atoms with E-state index in [4.69, 9.17) is 9.47 Å². The molecule has 0 saturated heterocycles. The molecule has 36 heavy (non-hydrogen) atoms. The first-order valence-electron chi connectivity index (χ1n) is 11.9. The number of carbonyl (C=O) groups excluding carboxylic acids is 3. The largest absolute Gasteiger partial charge is 0.459 e. The average molecular weight is 489 g/mol. The number of benzene rings is 3. The van der Waals surface area contributed by atoms with Crippen molar-refractivity contribution in [2.45, 2.75) is 45.6 Å². The van der Waals surface area contributed by atoms with Gasteiger partial charge in [0.05, 0.1) is 0 Å². The quantitative estimate of drug-likeness (QED) is 0.390. The highest BCUT2D eigenvalue weighted by Crippen LogP contribution is 2.10. The predicted octanol–water partition coefficient (Wildman–Crippen LogP) is 4.41. The number of nitrogens with one attached hydrogen (secondary N) is 2. The van der Waals surface area contributed by atoms with E-state index < -0.39 is 30.1 Å². The zero-order chi connectivity index (χ0) is 25.8. The lowest BCUT2D eigenvalue weighted by Crippen LogP contribution is -2.54. The first-order chi connectivity index (χ1) is 17.4. The van der Waals surface area contributed by atoms with Crippen LogP contribution in [0.5, 0.6) is 0 Å². The molecule has 3 rings (SSSR count). The van der Waals surface area contributed by atoms with Crippen LogP contribution >= 0.6 is 0 Å². The minimum Gasteiger partial charge on any atom is -0.459 e. The average Bonchev–Trinajstić information content (AvgIpc) is 2.90. The maximum atomic E-state index is 13.3. The summed E-state index contributed by atoms with van der Waals surface area (Å²) in [6.07, 6.45) is -0.487. The number of esters is 1. The van der Waals surface area contributed by atoms with Crippen molar-refractivity contribution in [2.75, 3.05) is 0 Å². The SMILES string of the molecule is CC(C)[C@@H](NC(=O)[C@@H](Cc1ccccc1)NC(=O)OCc1ccccc1)C(=O)OCc1ccccc1. The van der Waals surface area contributed by atoms with Crippen LogP contribution in [-0.2, 0) is 38.7 Å². The lowest BCUT2D eigenvalue weighted by Gasteiger charge is -2.24. The van der Waals surface area contributed by atoms with Crippen LogP contribution in [-0.4, -0.2) is 30.1 Å². The van der Waals surface area contributed by atoms with Crippen LogP contribution in [0.25, 0.3) is 0 Å². The van der Waals surface area contributed by atoms with E-state index in [1.54, 1.807) is 0 Å². The van der Waals surface area contributed by atoms with Gasteiger partial charge >= 0.3 is 12.1 Å². The van der Waals surface area contributed by atoms with Crippen LogP contribution in [0.2, 0.25) is 0 Å². The van der Waals surface area contributed by atoms with Gasteiger partial charge in [-0.25, -0.2) is 9.59 Å². The zero-order valence-electron chi connectivity index (χ0n) is 20.6. The van der Waals surface area contributed by atoms with E-state index in [1.165, 1.54) is 0 Å². The Kier molecular flexibility index (Phi) is 10.1. The van der Waals surface area contributed by atoms with Gasteiger partial charge in [-0.2, -0.15) is 0 Å². The molecule has 7 nitrogen and oxygen atoms in total. The van der Waals surface area contributed by atoms with Crippen molar-refractivity contribution in [3.05, 3.63) is 108 Å². The maximum absolute atomic E-state index is 13.3. The Labute approximate surface area is 211 Å². The fraction of sp³-hybridized carbons (Fsp3) is 0.276. The third kappa shape index (κ3) is 8.58. The first kappa shape index (κ1) is 26.5. The van der Waals surface area contributed by atoms with E-state index in [0.29, 0.717) is 0 Å². The van der Waals surface area contributed by atoms with Crippen molar-refractivity contribution in [1.29, 1.82) is 0 Å². The van der Waals surface area contributed by atoms with Gasteiger partial charge in [0.15, 0.2) is 0 Å². The van der Waals surface area contributed by atoms with Gasteiger partial charge < -0.3 is 20.1 Å². The molecule has 2 amide bonds. The molecule has 0 aliphatic carbocycles. The molecule has 3 aromatic carbocycles. The fourth-order valence-corrected chi connectivity index (χ4v) is 3.54. The van der Waals surface area contributed by atoms with Crippen LogP contribution < -0.4 is 10.6 Å². The molecular weight excluding hydrogens is 456 g/mol. The van der Waals surface area contributed by atoms with Gasteiger partial charge in [0.25, 0.3) is 0 Å². The normalized spacial score (nSPS) is 12.3. The molecule has 0 unspecified atom stereocenters. The van der Waals surface area contributed by atoms with Crippen LogP contribution in [0.15, 0.2) is 91.0 Å². The second kappa shape index (κ2) is 13.7. The molecule has 2 N–H and O–H groups in total. The summed E-state index contributed by atoms with van der Waals surface area (Å²) in [7, 11) is 0. The smallest absolute Gasteiger partial charge is 0.408 e. The highest BCUT2D eigenvalue weighted by Gasteiger charge is 2.30. The molecule has 3 aromatic rings. The van der Waals surface area contributed by atoms with E-state index in [2.05, 4.69) is 10.6 Å². The number of rotatable bonds is 11. The molecule has 0 saturated carbocycles. The van der Waals surface area contributed by atoms with E-state index in [0.717, 1.165) is 16.7 Å². The second-order valence-corrected chi connectivity index (χ2v) is 8.77. The molecule has 0 spiro atoms. The molecule has 0 aromatic heterocycles. The standard InChI is InChI=1S/C29H32N2O5/c1-21(2)26(28(33)35-19-23-14-8-4-9-15-23)31-27(32)25(18-22-12-6-3-7-13-22)30-29(34)36-20-24-16-10-5-11-17-24/h3-17,21,25-26H,18-20H2,1-2H3,(H,30,34)(H,31,32)/t25-,26-/m1/s1. The third-order valence-corrected chi connectivity index (χ3v) is 5.55. The molecule has 0 heterocycles. The van der Waals surface area contributed by atoms with E-state index in [9.17, 15) is 14.4 Å². The van der Waals surface area contributed by atoms with Crippen LogP contribution in [0, 0.1) is 5.92 Å². The highest BCUT2D eigenvalue weighted by molar-refractivity contribution is 5.90. The first-order valence-corrected chi connectivity index (χ1v) is 11.9. The minimum atomic E-state index is -0.946. The van der Waals surface area contributed by atoms with Crippen LogP contribution in [0.4, 0.5) is 4.79 Å².